The molecule has 1 aliphatic heterocycles. The van der Waals surface area contributed by atoms with E-state index in [1.165, 1.54) is 27.5 Å². The number of allylic oxidation sites excluding steroid dienone is 2. The van der Waals surface area contributed by atoms with Crippen LogP contribution < -0.4 is 5.32 Å². The van der Waals surface area contributed by atoms with Crippen molar-refractivity contribution in [1.82, 2.24) is 5.32 Å². The minimum atomic E-state index is 0.906. The summed E-state index contributed by atoms with van der Waals surface area (Å²) in [4.78, 5) is 0. The van der Waals surface area contributed by atoms with Gasteiger partial charge in [-0.1, -0.05) is 42.5 Å². The fraction of sp³-hybridized carbons (Fsp3) is 0.125. The monoisotopic (exact) mass is 221 g/mol. The first-order valence-electron chi connectivity index (χ1n) is 5.94. The van der Waals surface area contributed by atoms with Crippen molar-refractivity contribution in [2.45, 2.75) is 6.92 Å². The highest BCUT2D eigenvalue weighted by molar-refractivity contribution is 5.96. The second-order valence-corrected chi connectivity index (χ2v) is 4.41. The second-order valence-electron chi connectivity index (χ2n) is 4.41. The summed E-state index contributed by atoms with van der Waals surface area (Å²) in [5, 5.41) is 5.95. The number of nitrogens with one attached hydrogen (secondary N) is 1. The van der Waals surface area contributed by atoms with Crippen LogP contribution in [0.3, 0.4) is 0 Å². The summed E-state index contributed by atoms with van der Waals surface area (Å²) in [5.41, 5.74) is 4.02. The lowest BCUT2D eigenvalue weighted by Crippen LogP contribution is -2.11. The fourth-order valence-electron chi connectivity index (χ4n) is 2.37. The lowest BCUT2D eigenvalue weighted by atomic mass is 9.94. The fourth-order valence-corrected chi connectivity index (χ4v) is 2.37. The van der Waals surface area contributed by atoms with Crippen molar-refractivity contribution >= 4 is 16.3 Å². The van der Waals surface area contributed by atoms with Gasteiger partial charge in [-0.05, 0) is 46.7 Å². The molecule has 0 unspecified atom stereocenters. The standard InChI is InChI=1S/C16H15N/c1-12-8-9-15(13-5-4-10-17-11-13)16-7-3-2-6-14(12)16/h2-10,17H,11H2,1H3. The maximum absolute atomic E-state index is 3.26. The van der Waals surface area contributed by atoms with Gasteiger partial charge >= 0.3 is 0 Å². The number of rotatable bonds is 1. The average Bonchev–Trinajstić information content (AvgIpc) is 2.41. The molecule has 1 nitrogen and oxygen atoms in total. The van der Waals surface area contributed by atoms with Gasteiger partial charge in [-0.15, -0.1) is 0 Å². The third kappa shape index (κ3) is 1.74. The minimum Gasteiger partial charge on any atom is -0.387 e. The molecular formula is C16H15N. The van der Waals surface area contributed by atoms with Crippen molar-refractivity contribution in [3.05, 3.63) is 65.9 Å². The maximum atomic E-state index is 3.26. The molecule has 0 saturated heterocycles. The van der Waals surface area contributed by atoms with Crippen molar-refractivity contribution in [2.24, 2.45) is 0 Å². The van der Waals surface area contributed by atoms with E-state index in [4.69, 9.17) is 0 Å². The highest BCUT2D eigenvalue weighted by atomic mass is 14.8. The van der Waals surface area contributed by atoms with Gasteiger partial charge < -0.3 is 5.32 Å². The van der Waals surface area contributed by atoms with Gasteiger partial charge in [0.05, 0.1) is 0 Å². The van der Waals surface area contributed by atoms with Crippen LogP contribution in [0.5, 0.6) is 0 Å². The van der Waals surface area contributed by atoms with Crippen molar-refractivity contribution < 1.29 is 0 Å². The first-order chi connectivity index (χ1) is 8.36. The predicted molar refractivity (Wildman–Crippen MR) is 73.8 cm³/mol. The quantitative estimate of drug-likeness (QED) is 0.775. The van der Waals surface area contributed by atoms with E-state index >= 15 is 0 Å². The van der Waals surface area contributed by atoms with Gasteiger partial charge in [0.15, 0.2) is 0 Å². The number of aryl methyl sites for hydroxylation is 1. The number of hydrogen-bond acceptors (Lipinski definition) is 1. The summed E-state index contributed by atoms with van der Waals surface area (Å²) in [6.45, 7) is 3.07. The molecule has 0 fully saturated rings. The SMILES string of the molecule is Cc1ccc(C2=CC=CNC2)c2ccccc12. The Morgan fingerprint density at radius 2 is 1.82 bits per heavy atom. The van der Waals surface area contributed by atoms with Crippen molar-refractivity contribution in [1.29, 1.82) is 0 Å². The van der Waals surface area contributed by atoms with E-state index < -0.39 is 0 Å². The van der Waals surface area contributed by atoms with Gasteiger partial charge in [-0.25, -0.2) is 0 Å². The third-order valence-electron chi connectivity index (χ3n) is 3.29. The molecule has 0 aromatic heterocycles. The Morgan fingerprint density at radius 3 is 2.59 bits per heavy atom. The molecule has 0 spiro atoms. The van der Waals surface area contributed by atoms with Gasteiger partial charge in [0.25, 0.3) is 0 Å². The second kappa shape index (κ2) is 4.10. The summed E-state index contributed by atoms with van der Waals surface area (Å²) < 4.78 is 0. The summed E-state index contributed by atoms with van der Waals surface area (Å²) in [6.07, 6.45) is 6.24. The van der Waals surface area contributed by atoms with Crippen LogP contribution in [-0.2, 0) is 0 Å². The number of fused-ring (bicyclic) bond motifs is 1. The zero-order valence-corrected chi connectivity index (χ0v) is 9.90. The zero-order valence-electron chi connectivity index (χ0n) is 9.90. The maximum Gasteiger partial charge on any atom is 0.0401 e. The van der Waals surface area contributed by atoms with E-state index in [0.717, 1.165) is 6.54 Å². The van der Waals surface area contributed by atoms with Crippen LogP contribution in [0.15, 0.2) is 54.8 Å². The van der Waals surface area contributed by atoms with Crippen molar-refractivity contribution in [3.8, 4) is 0 Å². The first-order valence-corrected chi connectivity index (χ1v) is 5.94. The van der Waals surface area contributed by atoms with Crippen LogP contribution in [0.1, 0.15) is 11.1 Å². The summed E-state index contributed by atoms with van der Waals surface area (Å²) >= 11 is 0. The molecule has 0 saturated carbocycles. The molecule has 17 heavy (non-hydrogen) atoms. The molecule has 1 heteroatoms. The van der Waals surface area contributed by atoms with E-state index in [1.54, 1.807) is 0 Å². The molecule has 0 aliphatic carbocycles. The Morgan fingerprint density at radius 1 is 1.00 bits per heavy atom. The molecule has 2 aromatic rings. The highest BCUT2D eigenvalue weighted by Crippen LogP contribution is 2.27. The van der Waals surface area contributed by atoms with Crippen LogP contribution in [0.25, 0.3) is 16.3 Å². The molecule has 0 amide bonds. The molecule has 2 aromatic carbocycles. The Balaban J connectivity index is 2.27. The minimum absolute atomic E-state index is 0.906. The highest BCUT2D eigenvalue weighted by Gasteiger charge is 2.08. The molecule has 1 heterocycles. The molecule has 1 aliphatic rings. The molecule has 0 radical (unpaired) electrons. The van der Waals surface area contributed by atoms with Gasteiger partial charge in [0, 0.05) is 6.54 Å². The third-order valence-corrected chi connectivity index (χ3v) is 3.29. The van der Waals surface area contributed by atoms with E-state index in [9.17, 15) is 0 Å². The van der Waals surface area contributed by atoms with E-state index in [-0.39, 0.29) is 0 Å². The van der Waals surface area contributed by atoms with E-state index in [2.05, 4.69) is 60.8 Å². The summed E-state index contributed by atoms with van der Waals surface area (Å²) in [7, 11) is 0. The lowest BCUT2D eigenvalue weighted by molar-refractivity contribution is 0.987. The van der Waals surface area contributed by atoms with Crippen LogP contribution in [0.2, 0.25) is 0 Å². The molecule has 84 valence electrons. The Hall–Kier alpha value is -2.02. The molecule has 3 rings (SSSR count). The largest absolute Gasteiger partial charge is 0.387 e. The normalized spacial score (nSPS) is 14.5. The van der Waals surface area contributed by atoms with Gasteiger partial charge in [-0.2, -0.15) is 0 Å². The number of benzene rings is 2. The smallest absolute Gasteiger partial charge is 0.0401 e. The lowest BCUT2D eigenvalue weighted by Gasteiger charge is -2.14. The van der Waals surface area contributed by atoms with Crippen molar-refractivity contribution in [2.75, 3.05) is 6.54 Å². The Bertz CT molecular complexity index is 620. The van der Waals surface area contributed by atoms with Crippen LogP contribution in [0, 0.1) is 6.92 Å². The predicted octanol–water partition coefficient (Wildman–Crippen LogP) is 3.65. The number of hydrogen-bond donors (Lipinski definition) is 1. The number of dihydropyridines is 1. The first kappa shape index (κ1) is 10.2. The van der Waals surface area contributed by atoms with Gasteiger partial charge in [-0.3, -0.25) is 0 Å². The molecule has 0 bridgehead atoms. The summed E-state index contributed by atoms with van der Waals surface area (Å²) in [6, 6.07) is 13.0. The van der Waals surface area contributed by atoms with E-state index in [1.807, 2.05) is 6.20 Å². The van der Waals surface area contributed by atoms with Crippen molar-refractivity contribution in [3.63, 3.8) is 0 Å². The van der Waals surface area contributed by atoms with Gasteiger partial charge in [0.1, 0.15) is 0 Å². The molecule has 0 atom stereocenters. The van der Waals surface area contributed by atoms with Crippen LogP contribution in [0.4, 0.5) is 0 Å². The van der Waals surface area contributed by atoms with Gasteiger partial charge in [0.2, 0.25) is 0 Å². The zero-order chi connectivity index (χ0) is 11.7. The topological polar surface area (TPSA) is 12.0 Å². The Kier molecular flexibility index (Phi) is 2.45. The molecular weight excluding hydrogens is 206 g/mol. The van der Waals surface area contributed by atoms with E-state index in [0.29, 0.717) is 0 Å². The van der Waals surface area contributed by atoms with Crippen LogP contribution in [-0.4, -0.2) is 6.54 Å². The molecule has 1 N–H and O–H groups in total. The average molecular weight is 221 g/mol. The summed E-state index contributed by atoms with van der Waals surface area (Å²) in [5.74, 6) is 0. The Labute approximate surface area is 101 Å². The van der Waals surface area contributed by atoms with Crippen LogP contribution >= 0.6 is 0 Å².